The maximum atomic E-state index is 5.16. The van der Waals surface area contributed by atoms with E-state index in [-0.39, 0.29) is 0 Å². The third-order valence-corrected chi connectivity index (χ3v) is 10.6. The number of para-hydroxylation sites is 3. The van der Waals surface area contributed by atoms with Crippen LogP contribution in [0.4, 0.5) is 0 Å². The summed E-state index contributed by atoms with van der Waals surface area (Å²) in [4.78, 5) is 20.2. The zero-order valence-electron chi connectivity index (χ0n) is 30.2. The van der Waals surface area contributed by atoms with Crippen molar-refractivity contribution in [2.45, 2.75) is 0 Å². The van der Waals surface area contributed by atoms with Crippen molar-refractivity contribution < 1.29 is 0 Å². The summed E-state index contributed by atoms with van der Waals surface area (Å²) in [5.74, 6) is 2.59. The Kier molecular flexibility index (Phi) is 7.38. The molecule has 0 aliphatic heterocycles. The molecule has 0 amide bonds. The fraction of sp³-hybridized carbons (Fsp3) is 0. The van der Waals surface area contributed by atoms with Crippen LogP contribution in [-0.4, -0.2) is 29.1 Å². The fourth-order valence-electron chi connectivity index (χ4n) is 8.03. The molecule has 0 aliphatic rings. The number of benzene rings is 7. The van der Waals surface area contributed by atoms with Crippen molar-refractivity contribution in [2.75, 3.05) is 0 Å². The van der Waals surface area contributed by atoms with Crippen molar-refractivity contribution in [1.82, 2.24) is 29.1 Å². The summed E-state index contributed by atoms with van der Waals surface area (Å²) < 4.78 is 4.69. The van der Waals surface area contributed by atoms with E-state index >= 15 is 0 Å². The number of aromatic nitrogens is 6. The van der Waals surface area contributed by atoms with Gasteiger partial charge in [-0.05, 0) is 47.5 Å². The van der Waals surface area contributed by atoms with Crippen LogP contribution in [0.1, 0.15) is 0 Å². The van der Waals surface area contributed by atoms with Crippen LogP contribution in [0, 0.1) is 0 Å². The maximum absolute atomic E-state index is 5.16. The quantitative estimate of drug-likeness (QED) is 0.172. The van der Waals surface area contributed by atoms with E-state index in [1.807, 2.05) is 42.6 Å². The maximum Gasteiger partial charge on any atom is 0.165 e. The second kappa shape index (κ2) is 13.0. The van der Waals surface area contributed by atoms with Gasteiger partial charge in [0.25, 0.3) is 0 Å². The first-order valence-electron chi connectivity index (χ1n) is 18.7. The van der Waals surface area contributed by atoms with Gasteiger partial charge in [-0.1, -0.05) is 152 Å². The lowest BCUT2D eigenvalue weighted by molar-refractivity contribution is 1.05. The van der Waals surface area contributed by atoms with Gasteiger partial charge in [0.05, 0.1) is 22.1 Å². The van der Waals surface area contributed by atoms with Crippen LogP contribution >= 0.6 is 0 Å². The minimum absolute atomic E-state index is 0.564. The smallest absolute Gasteiger partial charge is 0.165 e. The molecule has 4 heterocycles. The summed E-state index contributed by atoms with van der Waals surface area (Å²) in [5, 5.41) is 4.75. The zero-order chi connectivity index (χ0) is 37.0. The van der Waals surface area contributed by atoms with Crippen molar-refractivity contribution in [3.8, 4) is 56.8 Å². The number of hydrogen-bond donors (Lipinski definition) is 0. The third-order valence-electron chi connectivity index (χ3n) is 10.6. The van der Waals surface area contributed by atoms with E-state index in [9.17, 15) is 0 Å². The lowest BCUT2D eigenvalue weighted by Gasteiger charge is -2.12. The monoisotopic (exact) mass is 716 g/mol. The molecule has 0 unspecified atom stereocenters. The molecule has 11 aromatic rings. The lowest BCUT2D eigenvalue weighted by atomic mass is 10.0. The lowest BCUT2D eigenvalue weighted by Crippen LogP contribution is -2.02. The molecule has 262 valence electrons. The summed E-state index contributed by atoms with van der Waals surface area (Å²) >= 11 is 0. The predicted octanol–water partition coefficient (Wildman–Crippen LogP) is 12.1. The molecule has 6 heteroatoms. The van der Waals surface area contributed by atoms with Gasteiger partial charge < -0.3 is 4.57 Å². The summed E-state index contributed by atoms with van der Waals surface area (Å²) in [7, 11) is 0. The number of nitrogens with zero attached hydrogens (tertiary/aromatic N) is 6. The zero-order valence-corrected chi connectivity index (χ0v) is 30.2. The Bertz CT molecular complexity index is 3200. The summed E-state index contributed by atoms with van der Waals surface area (Å²) in [6.07, 6.45) is 1.88. The molecular weight excluding hydrogens is 685 g/mol. The molecule has 0 atom stereocenters. The molecule has 0 bridgehead atoms. The normalized spacial score (nSPS) is 11.6. The van der Waals surface area contributed by atoms with Gasteiger partial charge in [0.15, 0.2) is 17.5 Å². The molecule has 4 aromatic heterocycles. The van der Waals surface area contributed by atoms with Crippen LogP contribution in [0.25, 0.3) is 100 Å². The van der Waals surface area contributed by atoms with E-state index < -0.39 is 0 Å². The van der Waals surface area contributed by atoms with Crippen LogP contribution in [-0.2, 0) is 0 Å². The van der Waals surface area contributed by atoms with Gasteiger partial charge >= 0.3 is 0 Å². The minimum atomic E-state index is 0.564. The molecule has 7 aromatic carbocycles. The number of fused-ring (bicyclic) bond motifs is 7. The van der Waals surface area contributed by atoms with Crippen molar-refractivity contribution in [1.29, 1.82) is 0 Å². The van der Waals surface area contributed by atoms with Crippen LogP contribution in [0.2, 0.25) is 0 Å². The van der Waals surface area contributed by atoms with Crippen LogP contribution < -0.4 is 0 Å². The van der Waals surface area contributed by atoms with Gasteiger partial charge in [0.1, 0.15) is 5.82 Å². The Morgan fingerprint density at radius 2 is 0.732 bits per heavy atom. The van der Waals surface area contributed by atoms with E-state index in [1.165, 1.54) is 21.5 Å². The first-order valence-corrected chi connectivity index (χ1v) is 18.7. The van der Waals surface area contributed by atoms with Gasteiger partial charge in [-0.25, -0.2) is 19.9 Å². The standard InChI is InChI=1S/C50H32N6/c1-4-14-33(15-5-1)34-24-26-36(27-25-34)49-52-48(35-16-6-2-7-17-35)53-50(54-49)37-28-31-45(51-32-37)56-44-23-13-11-21-40(44)42-30-29-41-39-20-10-12-22-43(39)55(46(41)47(42)56)38-18-8-3-9-19-38/h1-32H. The molecule has 0 radical (unpaired) electrons. The van der Waals surface area contributed by atoms with E-state index in [1.54, 1.807) is 0 Å². The molecule has 0 fully saturated rings. The second-order valence-electron chi connectivity index (χ2n) is 13.9. The molecule has 0 N–H and O–H groups in total. The Labute approximate surface area is 322 Å². The Morgan fingerprint density at radius 1 is 0.304 bits per heavy atom. The average Bonchev–Trinajstić information content (AvgIpc) is 3.80. The van der Waals surface area contributed by atoms with E-state index in [0.717, 1.165) is 61.4 Å². The van der Waals surface area contributed by atoms with Crippen molar-refractivity contribution in [2.24, 2.45) is 0 Å². The predicted molar refractivity (Wildman–Crippen MR) is 228 cm³/mol. The first-order chi connectivity index (χ1) is 27.8. The number of hydrogen-bond acceptors (Lipinski definition) is 4. The highest BCUT2D eigenvalue weighted by Crippen LogP contribution is 2.41. The van der Waals surface area contributed by atoms with E-state index in [0.29, 0.717) is 17.5 Å². The van der Waals surface area contributed by atoms with Crippen LogP contribution in [0.15, 0.2) is 194 Å². The highest BCUT2D eigenvalue weighted by molar-refractivity contribution is 6.23. The largest absolute Gasteiger partial charge is 0.307 e. The van der Waals surface area contributed by atoms with Gasteiger partial charge in [0, 0.05) is 50.1 Å². The number of rotatable bonds is 6. The van der Waals surface area contributed by atoms with E-state index in [4.69, 9.17) is 19.9 Å². The first kappa shape index (κ1) is 31.8. The molecule has 0 spiro atoms. The second-order valence-corrected chi connectivity index (χ2v) is 13.9. The van der Waals surface area contributed by atoms with Crippen molar-refractivity contribution in [3.63, 3.8) is 0 Å². The van der Waals surface area contributed by atoms with Crippen LogP contribution in [0.5, 0.6) is 0 Å². The summed E-state index contributed by atoms with van der Waals surface area (Å²) in [5.41, 5.74) is 10.6. The van der Waals surface area contributed by atoms with E-state index in [2.05, 4.69) is 161 Å². The summed E-state index contributed by atoms with van der Waals surface area (Å²) in [6, 6.07) is 65.4. The molecular formula is C50H32N6. The molecule has 0 saturated heterocycles. The molecule has 6 nitrogen and oxygen atoms in total. The Morgan fingerprint density at radius 3 is 1.32 bits per heavy atom. The van der Waals surface area contributed by atoms with Crippen LogP contribution in [0.3, 0.4) is 0 Å². The average molecular weight is 717 g/mol. The van der Waals surface area contributed by atoms with Gasteiger partial charge in [-0.15, -0.1) is 0 Å². The Balaban J connectivity index is 1.09. The Hall–Kier alpha value is -7.70. The van der Waals surface area contributed by atoms with Crippen molar-refractivity contribution >= 4 is 43.6 Å². The third kappa shape index (κ3) is 5.19. The highest BCUT2D eigenvalue weighted by atomic mass is 15.1. The summed E-state index contributed by atoms with van der Waals surface area (Å²) in [6.45, 7) is 0. The SMILES string of the molecule is c1ccc(-c2ccc(-c3nc(-c4ccccc4)nc(-c4ccc(-n5c6ccccc6c6ccc7c8ccccc8n(-c8ccccc8)c7c65)nc4)n3)cc2)cc1. The van der Waals surface area contributed by atoms with Crippen molar-refractivity contribution in [3.05, 3.63) is 194 Å². The minimum Gasteiger partial charge on any atom is -0.307 e. The fourth-order valence-corrected chi connectivity index (χ4v) is 8.03. The topological polar surface area (TPSA) is 61.4 Å². The van der Waals surface area contributed by atoms with Gasteiger partial charge in [-0.3, -0.25) is 4.57 Å². The van der Waals surface area contributed by atoms with Gasteiger partial charge in [0.2, 0.25) is 0 Å². The molecule has 0 saturated carbocycles. The molecule has 11 rings (SSSR count). The van der Waals surface area contributed by atoms with Gasteiger partial charge in [-0.2, -0.15) is 0 Å². The molecule has 56 heavy (non-hydrogen) atoms. The number of pyridine rings is 1. The highest BCUT2D eigenvalue weighted by Gasteiger charge is 2.22. The molecule has 0 aliphatic carbocycles.